The van der Waals surface area contributed by atoms with Crippen molar-refractivity contribution in [3.8, 4) is 0 Å². The third-order valence-electron chi connectivity index (χ3n) is 2.00. The molecule has 0 amide bonds. The van der Waals surface area contributed by atoms with E-state index in [1.165, 1.54) is 4.68 Å². The van der Waals surface area contributed by atoms with Gasteiger partial charge in [-0.15, -0.1) is 0 Å². The van der Waals surface area contributed by atoms with E-state index in [0.717, 1.165) is 0 Å². The molecule has 5 heteroatoms. The molecule has 0 aromatic carbocycles. The maximum atomic E-state index is 10.7. The molecule has 0 aliphatic heterocycles. The Morgan fingerprint density at radius 3 is 2.54 bits per heavy atom. The summed E-state index contributed by atoms with van der Waals surface area (Å²) in [5.41, 5.74) is 1.26. The molecule has 0 radical (unpaired) electrons. The van der Waals surface area contributed by atoms with Crippen LogP contribution >= 0.6 is 11.6 Å². The first-order valence-corrected chi connectivity index (χ1v) is 4.24. The largest absolute Gasteiger partial charge is 0.481 e. The van der Waals surface area contributed by atoms with Gasteiger partial charge < -0.3 is 5.11 Å². The minimum absolute atomic E-state index is 0.396. The van der Waals surface area contributed by atoms with Crippen molar-refractivity contribution in [2.75, 3.05) is 0 Å². The molecule has 13 heavy (non-hydrogen) atoms. The molecule has 1 rings (SSSR count). The fourth-order valence-electron chi connectivity index (χ4n) is 1.26. The molecule has 0 spiro atoms. The molecule has 72 valence electrons. The van der Waals surface area contributed by atoms with E-state index in [9.17, 15) is 4.79 Å². The second-order valence-corrected chi connectivity index (χ2v) is 3.33. The van der Waals surface area contributed by atoms with Crippen molar-refractivity contribution < 1.29 is 9.90 Å². The van der Waals surface area contributed by atoms with Crippen molar-refractivity contribution in [1.82, 2.24) is 9.78 Å². The number of aromatic nitrogens is 2. The highest BCUT2D eigenvalue weighted by molar-refractivity contribution is 6.30. The van der Waals surface area contributed by atoms with Crippen LogP contribution in [0.3, 0.4) is 0 Å². The summed E-state index contributed by atoms with van der Waals surface area (Å²) < 4.78 is 1.48. The van der Waals surface area contributed by atoms with E-state index in [4.69, 9.17) is 16.7 Å². The lowest BCUT2D eigenvalue weighted by Crippen LogP contribution is -2.08. The lowest BCUT2D eigenvalue weighted by atomic mass is 10.0. The lowest BCUT2D eigenvalue weighted by molar-refractivity contribution is -0.138. The summed E-state index contributed by atoms with van der Waals surface area (Å²) in [6.45, 7) is 3.35. The Hall–Kier alpha value is -1.03. The Bertz CT molecular complexity index is 346. The predicted octanol–water partition coefficient (Wildman–Crippen LogP) is 1.57. The van der Waals surface area contributed by atoms with Crippen LogP contribution in [-0.4, -0.2) is 20.9 Å². The molecule has 4 nitrogen and oxygen atoms in total. The monoisotopic (exact) mass is 202 g/mol. The number of hydrogen-bond acceptors (Lipinski definition) is 2. The van der Waals surface area contributed by atoms with Gasteiger partial charge in [-0.1, -0.05) is 11.6 Å². The van der Waals surface area contributed by atoms with E-state index in [1.807, 2.05) is 0 Å². The highest BCUT2D eigenvalue weighted by atomic mass is 35.5. The SMILES string of the molecule is Cc1nn(C)c(Cl)c1C(C)C(=O)O. The normalized spacial score (nSPS) is 12.9. The number of hydrogen-bond donors (Lipinski definition) is 1. The second-order valence-electron chi connectivity index (χ2n) is 2.97. The number of carboxylic acids is 1. The van der Waals surface area contributed by atoms with Crippen LogP contribution < -0.4 is 0 Å². The van der Waals surface area contributed by atoms with Gasteiger partial charge in [0.05, 0.1) is 11.6 Å². The molecule has 1 unspecified atom stereocenters. The van der Waals surface area contributed by atoms with E-state index < -0.39 is 11.9 Å². The van der Waals surface area contributed by atoms with Gasteiger partial charge in [-0.25, -0.2) is 0 Å². The first-order valence-electron chi connectivity index (χ1n) is 3.87. The van der Waals surface area contributed by atoms with Crippen LogP contribution in [0.15, 0.2) is 0 Å². The van der Waals surface area contributed by atoms with Gasteiger partial charge in [-0.2, -0.15) is 5.10 Å². The average molecular weight is 203 g/mol. The molecule has 1 aromatic heterocycles. The average Bonchev–Trinajstić information content (AvgIpc) is 2.26. The van der Waals surface area contributed by atoms with Crippen LogP contribution in [0.5, 0.6) is 0 Å². The van der Waals surface area contributed by atoms with Crippen LogP contribution in [0.4, 0.5) is 0 Å². The van der Waals surface area contributed by atoms with E-state index in [2.05, 4.69) is 5.10 Å². The predicted molar refractivity (Wildman–Crippen MR) is 49.0 cm³/mol. The summed E-state index contributed by atoms with van der Waals surface area (Å²) in [6.07, 6.45) is 0. The molecular formula is C8H11ClN2O2. The fraction of sp³-hybridized carbons (Fsp3) is 0.500. The van der Waals surface area contributed by atoms with Crippen LogP contribution in [0, 0.1) is 6.92 Å². The van der Waals surface area contributed by atoms with Gasteiger partial charge in [-0.05, 0) is 13.8 Å². The first-order chi connectivity index (χ1) is 5.95. The smallest absolute Gasteiger partial charge is 0.310 e. The fourth-order valence-corrected chi connectivity index (χ4v) is 1.60. The molecule has 0 aliphatic carbocycles. The standard InChI is InChI=1S/C8H11ClN2O2/c1-4(8(12)13)6-5(2)10-11(3)7(6)9/h4H,1-3H3,(H,12,13). The van der Waals surface area contributed by atoms with Crippen LogP contribution in [0.1, 0.15) is 24.1 Å². The van der Waals surface area contributed by atoms with E-state index >= 15 is 0 Å². The molecule has 1 heterocycles. The van der Waals surface area contributed by atoms with Gasteiger partial charge >= 0.3 is 5.97 Å². The second kappa shape index (κ2) is 3.38. The molecule has 0 saturated carbocycles. The third-order valence-corrected chi connectivity index (χ3v) is 2.45. The van der Waals surface area contributed by atoms with Crippen LogP contribution in [0.2, 0.25) is 5.15 Å². The van der Waals surface area contributed by atoms with Crippen molar-refractivity contribution in [1.29, 1.82) is 0 Å². The quantitative estimate of drug-likeness (QED) is 0.792. The molecular weight excluding hydrogens is 192 g/mol. The van der Waals surface area contributed by atoms with Gasteiger partial charge in [0.1, 0.15) is 5.15 Å². The Kier molecular flexibility index (Phi) is 2.61. The molecule has 1 N–H and O–H groups in total. The van der Waals surface area contributed by atoms with Gasteiger partial charge in [0.25, 0.3) is 0 Å². The van der Waals surface area contributed by atoms with Crippen molar-refractivity contribution in [2.24, 2.45) is 7.05 Å². The molecule has 0 saturated heterocycles. The third kappa shape index (κ3) is 1.67. The number of carbonyl (C=O) groups is 1. The Morgan fingerprint density at radius 1 is 1.69 bits per heavy atom. The van der Waals surface area contributed by atoms with E-state index in [0.29, 0.717) is 16.4 Å². The summed E-state index contributed by atoms with van der Waals surface area (Å²) >= 11 is 5.89. The number of aliphatic carboxylic acids is 1. The minimum Gasteiger partial charge on any atom is -0.481 e. The zero-order chi connectivity index (χ0) is 10.2. The summed E-state index contributed by atoms with van der Waals surface area (Å²) in [5, 5.41) is 13.2. The van der Waals surface area contributed by atoms with Crippen molar-refractivity contribution in [2.45, 2.75) is 19.8 Å². The molecule has 1 atom stereocenters. The Balaban J connectivity index is 3.20. The van der Waals surface area contributed by atoms with Crippen molar-refractivity contribution >= 4 is 17.6 Å². The van der Waals surface area contributed by atoms with Gasteiger partial charge in [-0.3, -0.25) is 9.48 Å². The minimum atomic E-state index is -0.891. The zero-order valence-corrected chi connectivity index (χ0v) is 8.46. The number of carboxylic acid groups (broad SMARTS) is 1. The summed E-state index contributed by atoms with van der Waals surface area (Å²) in [6, 6.07) is 0. The summed E-state index contributed by atoms with van der Waals surface area (Å²) in [4.78, 5) is 10.7. The Morgan fingerprint density at radius 2 is 2.23 bits per heavy atom. The summed E-state index contributed by atoms with van der Waals surface area (Å²) in [5.74, 6) is -1.50. The highest BCUT2D eigenvalue weighted by Gasteiger charge is 2.22. The number of nitrogens with zero attached hydrogens (tertiary/aromatic N) is 2. The van der Waals surface area contributed by atoms with E-state index in [-0.39, 0.29) is 0 Å². The van der Waals surface area contributed by atoms with Gasteiger partial charge in [0.15, 0.2) is 0 Å². The maximum Gasteiger partial charge on any atom is 0.310 e. The molecule has 0 aliphatic rings. The molecule has 0 fully saturated rings. The van der Waals surface area contributed by atoms with Crippen molar-refractivity contribution in [3.05, 3.63) is 16.4 Å². The Labute approximate surface area is 81.1 Å². The molecule has 0 bridgehead atoms. The molecule has 1 aromatic rings. The number of halogens is 1. The topological polar surface area (TPSA) is 55.1 Å². The van der Waals surface area contributed by atoms with E-state index in [1.54, 1.807) is 20.9 Å². The highest BCUT2D eigenvalue weighted by Crippen LogP contribution is 2.26. The number of rotatable bonds is 2. The van der Waals surface area contributed by atoms with Gasteiger partial charge in [0.2, 0.25) is 0 Å². The van der Waals surface area contributed by atoms with Gasteiger partial charge in [0, 0.05) is 12.6 Å². The maximum absolute atomic E-state index is 10.7. The lowest BCUT2D eigenvalue weighted by Gasteiger charge is -2.04. The van der Waals surface area contributed by atoms with Crippen LogP contribution in [-0.2, 0) is 11.8 Å². The van der Waals surface area contributed by atoms with Crippen molar-refractivity contribution in [3.63, 3.8) is 0 Å². The zero-order valence-electron chi connectivity index (χ0n) is 7.71. The summed E-state index contributed by atoms with van der Waals surface area (Å²) in [7, 11) is 1.69. The first kappa shape index (κ1) is 10.1. The number of aryl methyl sites for hydroxylation is 2. The van der Waals surface area contributed by atoms with Crippen LogP contribution in [0.25, 0.3) is 0 Å².